The molecule has 0 aliphatic rings. The maximum atomic E-state index is 12.9. The van der Waals surface area contributed by atoms with Gasteiger partial charge in [0.2, 0.25) is 0 Å². The highest BCUT2D eigenvalue weighted by molar-refractivity contribution is 6.31. The number of likely N-dealkylation sites (N-methyl/N-ethyl adjacent to an activating group) is 4. The van der Waals surface area contributed by atoms with Gasteiger partial charge in [-0.25, -0.2) is 8.78 Å². The fourth-order valence-corrected chi connectivity index (χ4v) is 15.2. The zero-order chi connectivity index (χ0) is 107. The fourth-order valence-electron chi connectivity index (χ4n) is 15.0. The van der Waals surface area contributed by atoms with Gasteiger partial charge in [0.05, 0.1) is 66.1 Å². The molecule has 14 rings (SSSR count). The van der Waals surface area contributed by atoms with Crippen LogP contribution in [0.3, 0.4) is 0 Å². The largest absolute Gasteiger partial charge is 0.395 e. The molecule has 14 aromatic rings. The van der Waals surface area contributed by atoms with E-state index >= 15 is 0 Å². The van der Waals surface area contributed by atoms with Crippen molar-refractivity contribution in [1.82, 2.24) is 0 Å². The molecular formula is C119H130Cl2F2N8O17. The van der Waals surface area contributed by atoms with E-state index in [-0.39, 0.29) is 118 Å². The Bertz CT molecular complexity index is 6010. The molecule has 776 valence electrons. The number of rotatable bonds is 44. The summed E-state index contributed by atoms with van der Waals surface area (Å²) < 4.78 is 25.7. The number of carbonyl (C=O) groups is 7. The second kappa shape index (κ2) is 64.3. The Morgan fingerprint density at radius 3 is 0.480 bits per heavy atom. The van der Waals surface area contributed by atoms with Gasteiger partial charge < -0.3 is 90.3 Å². The SMILES string of the molecule is CCCN(C)c1ccc(C(=O)c2ccc(N(C)CCO)cc2)cc1.CN(CCO)c1ccc(C(=O)c2ccc(Cl)cc2)cc1.CN(CCO)c1ccc(C(=O)c2ccc(F)cc2)cc1.CN(CCO)c1ccc(C(=O)c2ccccc2)cc1.O=C(c1ccc(Cl)cc1)c1ccc(N(CCO)CCO)cc1.O=C(c1ccc(F)cc1)c1ccc(N(CCO)CCO)cc1.O=C(c1ccccc1)c1ccc(N(CCO)CCO)cc1. The van der Waals surface area contributed by atoms with Crippen LogP contribution >= 0.6 is 23.2 Å². The summed E-state index contributed by atoms with van der Waals surface area (Å²) in [4.78, 5) is 102. The number of aliphatic hydroxyl groups is 10. The minimum Gasteiger partial charge on any atom is -0.395 e. The number of anilines is 8. The number of benzene rings is 14. The van der Waals surface area contributed by atoms with Crippen LogP contribution in [-0.2, 0) is 0 Å². The molecule has 0 spiro atoms. The van der Waals surface area contributed by atoms with Crippen LogP contribution in [0, 0.1) is 11.6 Å². The Hall–Kier alpha value is -14.8. The predicted molar refractivity (Wildman–Crippen MR) is 588 cm³/mol. The summed E-state index contributed by atoms with van der Waals surface area (Å²) >= 11 is 11.6. The van der Waals surface area contributed by atoms with Crippen LogP contribution in [-0.4, -0.2) is 265 Å². The zero-order valence-corrected chi connectivity index (χ0v) is 85.5. The Kier molecular flexibility index (Phi) is 51.4. The van der Waals surface area contributed by atoms with Gasteiger partial charge in [-0.1, -0.05) is 90.8 Å². The number of carbonyl (C=O) groups excluding carboxylic acids is 7. The molecule has 0 atom stereocenters. The summed E-state index contributed by atoms with van der Waals surface area (Å²) in [5.41, 5.74) is 15.9. The maximum absolute atomic E-state index is 12.9. The molecule has 0 unspecified atom stereocenters. The van der Waals surface area contributed by atoms with Crippen LogP contribution < -0.4 is 39.2 Å². The van der Waals surface area contributed by atoms with Crippen LogP contribution in [0.15, 0.2) is 352 Å². The average Bonchev–Trinajstić information content (AvgIpc) is 0.713. The van der Waals surface area contributed by atoms with Crippen LogP contribution in [0.25, 0.3) is 0 Å². The second-order valence-corrected chi connectivity index (χ2v) is 34.6. The van der Waals surface area contributed by atoms with E-state index in [0.29, 0.717) is 153 Å². The minimum atomic E-state index is -0.379. The van der Waals surface area contributed by atoms with Crippen molar-refractivity contribution in [2.24, 2.45) is 0 Å². The number of ketones is 7. The summed E-state index contributed by atoms with van der Waals surface area (Å²) in [7, 11) is 9.64. The van der Waals surface area contributed by atoms with Gasteiger partial charge >= 0.3 is 0 Å². The predicted octanol–water partition coefficient (Wildman–Crippen LogP) is 16.9. The first kappa shape index (κ1) is 118. The molecule has 0 heterocycles. The topological polar surface area (TPSA) is 348 Å². The fraction of sp³-hybridized carbons (Fsp3) is 0.235. The Morgan fingerprint density at radius 2 is 0.324 bits per heavy atom. The van der Waals surface area contributed by atoms with Crippen LogP contribution in [0.1, 0.15) is 125 Å². The molecule has 29 heteroatoms. The Morgan fingerprint density at radius 1 is 0.189 bits per heavy atom. The van der Waals surface area contributed by atoms with Crippen molar-refractivity contribution in [3.8, 4) is 0 Å². The summed E-state index contributed by atoms with van der Waals surface area (Å²) in [5.74, 6) is -1.12. The third kappa shape index (κ3) is 37.9. The van der Waals surface area contributed by atoms with Crippen molar-refractivity contribution in [3.63, 3.8) is 0 Å². The van der Waals surface area contributed by atoms with Gasteiger partial charge in [0.1, 0.15) is 11.6 Å². The highest BCUT2D eigenvalue weighted by Crippen LogP contribution is 2.28. The standard InChI is InChI=1S/C20H26N2O2.C17H18ClNO3.C17H18FNO3.C17H19NO3.C16H16ClNO2.C16H16FNO2.C16H17NO2/c1-4-13-21(2)18-9-5-16(6-10-18)20(24)17-7-11-19(12-8-17)22(3)14-15-23;2*18-15-5-1-13(2-6-15)17(22)14-3-7-16(8-4-14)19(9-11-20)10-12-21;19-12-10-18(11-13-20)16-8-6-15(7-9-16)17(21)14-4-2-1-3-5-14;2*1-18(10-11-19)15-8-4-13(5-9-15)16(20)12-2-6-14(17)7-3-12;1-17(11-12-18)15-9-7-14(8-10-15)16(19)13-5-3-2-4-6-13/h5-12,23H,4,13-15H2,1-3H3;2*1-8,20-21H,9-12H2;1-9,19-20H,10-13H2;2*2-9,19H,10-11H2,1H3;2-10,18H,11-12H2,1H3. The van der Waals surface area contributed by atoms with Gasteiger partial charge in [-0.2, -0.15) is 0 Å². The Labute approximate surface area is 874 Å². The van der Waals surface area contributed by atoms with Gasteiger partial charge in [0.25, 0.3) is 0 Å². The molecule has 0 fully saturated rings. The highest BCUT2D eigenvalue weighted by atomic mass is 35.5. The average molecular weight is 2050 g/mol. The second-order valence-electron chi connectivity index (χ2n) is 33.7. The van der Waals surface area contributed by atoms with Crippen molar-refractivity contribution in [2.45, 2.75) is 13.3 Å². The highest BCUT2D eigenvalue weighted by Gasteiger charge is 2.20. The third-order valence-corrected chi connectivity index (χ3v) is 23.9. The summed E-state index contributed by atoms with van der Waals surface area (Å²) in [6.45, 7) is 8.38. The van der Waals surface area contributed by atoms with Crippen LogP contribution in [0.4, 0.5) is 54.3 Å². The first-order valence-corrected chi connectivity index (χ1v) is 49.0. The number of halogens is 4. The number of hydrogen-bond acceptors (Lipinski definition) is 25. The van der Waals surface area contributed by atoms with E-state index in [1.165, 1.54) is 48.5 Å². The molecular weight excluding hydrogens is 1920 g/mol. The van der Waals surface area contributed by atoms with E-state index in [0.717, 1.165) is 58.5 Å². The molecule has 0 amide bonds. The molecule has 25 nitrogen and oxygen atoms in total. The smallest absolute Gasteiger partial charge is 0.193 e. The minimum absolute atomic E-state index is 0.00541. The first-order chi connectivity index (χ1) is 71.6. The van der Waals surface area contributed by atoms with Gasteiger partial charge in [0.15, 0.2) is 40.5 Å². The molecule has 0 radical (unpaired) electrons. The lowest BCUT2D eigenvalue weighted by molar-refractivity contribution is 0.103. The molecule has 0 aliphatic heterocycles. The van der Waals surface area contributed by atoms with Gasteiger partial charge in [-0.05, 0) is 298 Å². The van der Waals surface area contributed by atoms with E-state index in [4.69, 9.17) is 74.3 Å². The van der Waals surface area contributed by atoms with E-state index in [1.807, 2.05) is 232 Å². The normalized spacial score (nSPS) is 10.4. The monoisotopic (exact) mass is 2050 g/mol. The van der Waals surface area contributed by atoms with Crippen LogP contribution in [0.5, 0.6) is 0 Å². The molecule has 0 aromatic heterocycles. The molecule has 148 heavy (non-hydrogen) atoms. The summed E-state index contributed by atoms with van der Waals surface area (Å²) in [5, 5.41) is 91.1. The Balaban J connectivity index is 0.000000211. The number of hydrogen-bond donors (Lipinski definition) is 10. The summed E-state index contributed by atoms with van der Waals surface area (Å²) in [6, 6.07) is 101. The molecule has 0 bridgehead atoms. The number of nitrogens with zero attached hydrogens (tertiary/aromatic N) is 8. The number of aliphatic hydroxyl groups excluding tert-OH is 10. The lowest BCUT2D eigenvalue weighted by Crippen LogP contribution is -2.29. The van der Waals surface area contributed by atoms with Crippen molar-refractivity contribution >= 4 is 109 Å². The third-order valence-electron chi connectivity index (χ3n) is 23.4. The van der Waals surface area contributed by atoms with Crippen LogP contribution in [0.2, 0.25) is 10.0 Å². The van der Waals surface area contributed by atoms with E-state index in [9.17, 15) is 42.3 Å². The lowest BCUT2D eigenvalue weighted by Gasteiger charge is -2.23. The molecule has 0 aliphatic carbocycles. The van der Waals surface area contributed by atoms with Gasteiger partial charge in [0, 0.05) is 241 Å². The molecule has 0 saturated carbocycles. The van der Waals surface area contributed by atoms with Crippen molar-refractivity contribution in [1.29, 1.82) is 0 Å². The first-order valence-electron chi connectivity index (χ1n) is 48.2. The van der Waals surface area contributed by atoms with Crippen molar-refractivity contribution in [2.75, 3.05) is 212 Å². The van der Waals surface area contributed by atoms with E-state index in [2.05, 4.69) is 18.9 Å². The van der Waals surface area contributed by atoms with Gasteiger partial charge in [-0.15, -0.1) is 0 Å². The van der Waals surface area contributed by atoms with Gasteiger partial charge in [-0.3, -0.25) is 33.6 Å². The zero-order valence-electron chi connectivity index (χ0n) is 84.0. The molecule has 10 N–H and O–H groups in total. The van der Waals surface area contributed by atoms with E-state index < -0.39 is 0 Å². The quantitative estimate of drug-likeness (QED) is 0.0159. The molecule has 0 saturated heterocycles. The molecule has 14 aromatic carbocycles. The lowest BCUT2D eigenvalue weighted by atomic mass is 10.0. The van der Waals surface area contributed by atoms with Crippen molar-refractivity contribution < 1.29 is 93.4 Å². The van der Waals surface area contributed by atoms with E-state index in [1.54, 1.807) is 133 Å². The van der Waals surface area contributed by atoms with Crippen molar-refractivity contribution in [3.05, 3.63) is 451 Å². The maximum Gasteiger partial charge on any atom is 0.193 e. The summed E-state index contributed by atoms with van der Waals surface area (Å²) in [6.07, 6.45) is 1.09.